The molecule has 0 atom stereocenters. The van der Waals surface area contributed by atoms with Crippen molar-refractivity contribution in [3.05, 3.63) is 76.0 Å². The molecule has 6 nitrogen and oxygen atoms in total. The molecule has 0 aliphatic heterocycles. The minimum Gasteiger partial charge on any atom is -0.494 e. The summed E-state index contributed by atoms with van der Waals surface area (Å²) in [7, 11) is 0. The van der Waals surface area contributed by atoms with Gasteiger partial charge in [0.2, 0.25) is 0 Å². The molecule has 0 radical (unpaired) electrons. The van der Waals surface area contributed by atoms with Gasteiger partial charge in [0.05, 0.1) is 17.9 Å². The largest absolute Gasteiger partial charge is 0.494 e. The number of carbonyl (C=O) groups excluding carboxylic acids is 1. The highest BCUT2D eigenvalue weighted by molar-refractivity contribution is 7.14. The third-order valence-corrected chi connectivity index (χ3v) is 5.28. The number of carbonyl (C=O) groups is 1. The summed E-state index contributed by atoms with van der Waals surface area (Å²) in [5, 5.41) is 5.72. The molecule has 1 N–H and O–H groups in total. The number of aromatic nitrogens is 1. The van der Waals surface area contributed by atoms with Crippen LogP contribution in [0.4, 0.5) is 5.13 Å². The van der Waals surface area contributed by atoms with Crippen molar-refractivity contribution >= 4 is 33.3 Å². The van der Waals surface area contributed by atoms with Gasteiger partial charge in [-0.3, -0.25) is 10.1 Å². The normalized spacial score (nSPS) is 10.8. The van der Waals surface area contributed by atoms with E-state index in [0.29, 0.717) is 34.1 Å². The molecule has 0 bridgehead atoms. The fourth-order valence-electron chi connectivity index (χ4n) is 2.90. The quantitative estimate of drug-likeness (QED) is 0.322. The molecular weight excluding hydrogens is 400 g/mol. The Bertz CT molecular complexity index is 1230. The smallest absolute Gasteiger partial charge is 0.345 e. The highest BCUT2D eigenvalue weighted by Crippen LogP contribution is 2.25. The summed E-state index contributed by atoms with van der Waals surface area (Å²) in [6, 6.07) is 16.0. The molecule has 0 saturated carbocycles. The summed E-state index contributed by atoms with van der Waals surface area (Å²) in [5.74, 6) is 0.459. The number of unbranched alkanes of at least 4 members (excludes halogenated alkanes) is 1. The van der Waals surface area contributed by atoms with Crippen molar-refractivity contribution in [3.63, 3.8) is 0 Å². The minimum absolute atomic E-state index is 0.276. The summed E-state index contributed by atoms with van der Waals surface area (Å²) in [6.07, 6.45) is 2.06. The third kappa shape index (κ3) is 4.41. The van der Waals surface area contributed by atoms with Gasteiger partial charge in [-0.2, -0.15) is 0 Å². The van der Waals surface area contributed by atoms with E-state index in [4.69, 9.17) is 9.15 Å². The van der Waals surface area contributed by atoms with E-state index in [1.807, 2.05) is 18.2 Å². The summed E-state index contributed by atoms with van der Waals surface area (Å²) in [5.41, 5.74) is 1.39. The number of benzene rings is 2. The lowest BCUT2D eigenvalue weighted by atomic mass is 10.1. The van der Waals surface area contributed by atoms with Gasteiger partial charge >= 0.3 is 5.63 Å². The van der Waals surface area contributed by atoms with Gasteiger partial charge in [-0.25, -0.2) is 9.78 Å². The van der Waals surface area contributed by atoms with Crippen molar-refractivity contribution in [1.29, 1.82) is 0 Å². The Balaban J connectivity index is 1.47. The van der Waals surface area contributed by atoms with Gasteiger partial charge in [-0.05, 0) is 42.8 Å². The highest BCUT2D eigenvalue weighted by Gasteiger charge is 2.14. The first-order valence-electron chi connectivity index (χ1n) is 9.67. The molecule has 0 saturated heterocycles. The molecule has 0 aliphatic carbocycles. The molecule has 4 aromatic rings. The summed E-state index contributed by atoms with van der Waals surface area (Å²) >= 11 is 1.25. The molecule has 152 valence electrons. The van der Waals surface area contributed by atoms with Crippen molar-refractivity contribution < 1.29 is 13.9 Å². The molecule has 0 spiro atoms. The van der Waals surface area contributed by atoms with Crippen LogP contribution in [0.1, 0.15) is 30.1 Å². The number of nitrogens with one attached hydrogen (secondary N) is 1. The summed E-state index contributed by atoms with van der Waals surface area (Å²) in [6.45, 7) is 2.76. The molecule has 4 rings (SSSR count). The maximum absolute atomic E-state index is 12.5. The Hall–Kier alpha value is -3.45. The van der Waals surface area contributed by atoms with E-state index in [1.54, 1.807) is 41.8 Å². The molecule has 7 heteroatoms. The molecule has 0 fully saturated rings. The summed E-state index contributed by atoms with van der Waals surface area (Å²) < 4.78 is 11.0. The van der Waals surface area contributed by atoms with Crippen LogP contribution >= 0.6 is 11.3 Å². The average Bonchev–Trinajstić information content (AvgIpc) is 3.22. The molecule has 2 heterocycles. The van der Waals surface area contributed by atoms with Crippen molar-refractivity contribution in [2.75, 3.05) is 11.9 Å². The second kappa shape index (κ2) is 8.92. The maximum Gasteiger partial charge on any atom is 0.345 e. The third-order valence-electron chi connectivity index (χ3n) is 4.53. The van der Waals surface area contributed by atoms with Gasteiger partial charge in [-0.1, -0.05) is 31.5 Å². The zero-order valence-electron chi connectivity index (χ0n) is 16.4. The predicted molar refractivity (Wildman–Crippen MR) is 118 cm³/mol. The number of nitrogens with zero attached hydrogens (tertiary/aromatic N) is 1. The fourth-order valence-corrected chi connectivity index (χ4v) is 3.61. The number of anilines is 1. The molecule has 0 aliphatic rings. The number of ether oxygens (including phenoxy) is 1. The van der Waals surface area contributed by atoms with Gasteiger partial charge in [0.25, 0.3) is 5.91 Å². The van der Waals surface area contributed by atoms with Crippen molar-refractivity contribution in [2.24, 2.45) is 0 Å². The van der Waals surface area contributed by atoms with Crippen LogP contribution in [0, 0.1) is 0 Å². The van der Waals surface area contributed by atoms with Crippen LogP contribution < -0.4 is 15.7 Å². The number of amides is 1. The Kier molecular flexibility index (Phi) is 5.90. The maximum atomic E-state index is 12.5. The van der Waals surface area contributed by atoms with E-state index in [1.165, 1.54) is 11.3 Å². The van der Waals surface area contributed by atoms with Crippen LogP contribution in [0.25, 0.3) is 22.2 Å². The standard InChI is InChI=1S/C23H20N2O4S/c1-2-3-12-28-17-10-8-15(9-11-17)21(26)25-23-24-19(14-30-23)18-13-16-6-4-5-7-20(16)29-22(18)27/h4-11,13-14H,2-3,12H2,1H3,(H,24,25,26). The average molecular weight is 420 g/mol. The van der Waals surface area contributed by atoms with E-state index >= 15 is 0 Å². The van der Waals surface area contributed by atoms with Crippen molar-refractivity contribution in [2.45, 2.75) is 19.8 Å². The van der Waals surface area contributed by atoms with Gasteiger partial charge in [0.15, 0.2) is 5.13 Å². The summed E-state index contributed by atoms with van der Waals surface area (Å²) in [4.78, 5) is 29.2. The monoisotopic (exact) mass is 420 g/mol. The first-order chi connectivity index (χ1) is 14.6. The number of hydrogen-bond donors (Lipinski definition) is 1. The SMILES string of the molecule is CCCCOc1ccc(C(=O)Nc2nc(-c3cc4ccccc4oc3=O)cs2)cc1. The molecule has 30 heavy (non-hydrogen) atoms. The Labute approximate surface area is 177 Å². The van der Waals surface area contributed by atoms with Crippen LogP contribution in [-0.2, 0) is 0 Å². The van der Waals surface area contributed by atoms with Gasteiger partial charge in [0, 0.05) is 16.3 Å². The Morgan fingerprint density at radius 3 is 2.77 bits per heavy atom. The van der Waals surface area contributed by atoms with Crippen LogP contribution in [0.5, 0.6) is 5.75 Å². The Morgan fingerprint density at radius 1 is 1.17 bits per heavy atom. The van der Waals surface area contributed by atoms with Crippen LogP contribution in [0.3, 0.4) is 0 Å². The zero-order valence-corrected chi connectivity index (χ0v) is 17.2. The second-order valence-electron chi connectivity index (χ2n) is 6.70. The Morgan fingerprint density at radius 2 is 1.97 bits per heavy atom. The zero-order chi connectivity index (χ0) is 20.9. The van der Waals surface area contributed by atoms with E-state index in [-0.39, 0.29) is 5.91 Å². The topological polar surface area (TPSA) is 81.4 Å². The fraction of sp³-hybridized carbons (Fsp3) is 0.174. The van der Waals surface area contributed by atoms with Crippen LogP contribution in [0.2, 0.25) is 0 Å². The van der Waals surface area contributed by atoms with Crippen molar-refractivity contribution in [3.8, 4) is 17.0 Å². The first-order valence-corrected chi connectivity index (χ1v) is 10.5. The van der Waals surface area contributed by atoms with E-state index < -0.39 is 5.63 Å². The van der Waals surface area contributed by atoms with E-state index in [0.717, 1.165) is 24.0 Å². The lowest BCUT2D eigenvalue weighted by Crippen LogP contribution is -2.11. The van der Waals surface area contributed by atoms with Crippen molar-refractivity contribution in [1.82, 2.24) is 4.98 Å². The van der Waals surface area contributed by atoms with Crippen LogP contribution in [-0.4, -0.2) is 17.5 Å². The number of para-hydroxylation sites is 1. The first kappa shape index (κ1) is 19.8. The minimum atomic E-state index is -0.462. The van der Waals surface area contributed by atoms with E-state index in [9.17, 15) is 9.59 Å². The highest BCUT2D eigenvalue weighted by atomic mass is 32.1. The van der Waals surface area contributed by atoms with Gasteiger partial charge in [0.1, 0.15) is 11.3 Å². The molecule has 2 aromatic heterocycles. The number of fused-ring (bicyclic) bond motifs is 1. The molecule has 0 unspecified atom stereocenters. The predicted octanol–water partition coefficient (Wildman–Crippen LogP) is 5.35. The lowest BCUT2D eigenvalue weighted by Gasteiger charge is -2.06. The number of thiazole rings is 1. The van der Waals surface area contributed by atoms with Crippen LogP contribution in [0.15, 0.2) is 69.2 Å². The molecule has 1 amide bonds. The molecular formula is C23H20N2O4S. The number of rotatable bonds is 7. The van der Waals surface area contributed by atoms with Gasteiger partial charge < -0.3 is 9.15 Å². The lowest BCUT2D eigenvalue weighted by molar-refractivity contribution is 0.102. The number of hydrogen-bond acceptors (Lipinski definition) is 6. The van der Waals surface area contributed by atoms with E-state index in [2.05, 4.69) is 17.2 Å². The molecule has 2 aromatic carbocycles. The van der Waals surface area contributed by atoms with Gasteiger partial charge in [-0.15, -0.1) is 11.3 Å². The second-order valence-corrected chi connectivity index (χ2v) is 7.56.